The summed E-state index contributed by atoms with van der Waals surface area (Å²) in [7, 11) is 0. The van der Waals surface area contributed by atoms with Crippen LogP contribution in [0.15, 0.2) is 24.3 Å². The van der Waals surface area contributed by atoms with E-state index >= 15 is 0 Å². The smallest absolute Gasteiger partial charge is 0.306 e. The molecule has 1 aromatic rings. The highest BCUT2D eigenvalue weighted by molar-refractivity contribution is 5.96. The van der Waals surface area contributed by atoms with Gasteiger partial charge in [-0.05, 0) is 43.5 Å². The lowest BCUT2D eigenvalue weighted by molar-refractivity contribution is -0.143. The number of rotatable bonds is 9. The number of aliphatic carboxylic acids is 1. The molecule has 0 aliphatic carbocycles. The van der Waals surface area contributed by atoms with Gasteiger partial charge in [0.1, 0.15) is 6.61 Å². The summed E-state index contributed by atoms with van der Waals surface area (Å²) in [4.78, 5) is 37.0. The zero-order valence-electron chi connectivity index (χ0n) is 15.8. The maximum Gasteiger partial charge on any atom is 0.306 e. The van der Waals surface area contributed by atoms with Gasteiger partial charge in [0, 0.05) is 30.9 Å². The molecule has 1 saturated heterocycles. The number of likely N-dealkylation sites (tertiary alicyclic amines) is 1. The lowest BCUT2D eigenvalue weighted by Gasteiger charge is -2.30. The van der Waals surface area contributed by atoms with Gasteiger partial charge in [0.05, 0.1) is 5.92 Å². The molecule has 148 valence electrons. The van der Waals surface area contributed by atoms with Crippen molar-refractivity contribution in [2.75, 3.05) is 31.6 Å². The number of piperidine rings is 1. The number of amides is 2. The second kappa shape index (κ2) is 10.7. The van der Waals surface area contributed by atoms with Gasteiger partial charge >= 0.3 is 5.97 Å². The van der Waals surface area contributed by atoms with Crippen molar-refractivity contribution in [2.45, 2.75) is 39.0 Å². The minimum atomic E-state index is -0.795. The number of anilines is 1. The fraction of sp³-hybridized carbons (Fsp3) is 0.550. The molecule has 1 aliphatic heterocycles. The van der Waals surface area contributed by atoms with E-state index in [1.165, 1.54) is 0 Å². The summed E-state index contributed by atoms with van der Waals surface area (Å²) in [5, 5.41) is 11.8. The second-order valence-electron chi connectivity index (χ2n) is 6.79. The van der Waals surface area contributed by atoms with Crippen LogP contribution in [-0.2, 0) is 14.3 Å². The average molecular weight is 376 g/mol. The normalized spacial score (nSPS) is 14.8. The van der Waals surface area contributed by atoms with Crippen LogP contribution >= 0.6 is 0 Å². The molecule has 7 heteroatoms. The van der Waals surface area contributed by atoms with Crippen molar-refractivity contribution < 1.29 is 24.2 Å². The lowest BCUT2D eigenvalue weighted by Crippen LogP contribution is -2.40. The van der Waals surface area contributed by atoms with Gasteiger partial charge in [0.25, 0.3) is 5.91 Å². The Morgan fingerprint density at radius 2 is 1.81 bits per heavy atom. The first-order chi connectivity index (χ1) is 13.0. The van der Waals surface area contributed by atoms with E-state index in [0.717, 1.165) is 19.3 Å². The van der Waals surface area contributed by atoms with E-state index in [-0.39, 0.29) is 24.3 Å². The number of carbonyl (C=O) groups excluding carboxylic acids is 2. The summed E-state index contributed by atoms with van der Waals surface area (Å²) < 4.78 is 5.32. The molecule has 0 aromatic heterocycles. The van der Waals surface area contributed by atoms with Crippen LogP contribution in [0.2, 0.25) is 0 Å². The molecule has 0 saturated carbocycles. The maximum atomic E-state index is 12.5. The van der Waals surface area contributed by atoms with Crippen LogP contribution in [0.5, 0.6) is 0 Å². The SMILES string of the molecule is CCCCCOCC(=O)Nc1ccc(C(=O)N2CCC(C(=O)O)CC2)cc1. The zero-order chi connectivity index (χ0) is 19.6. The molecular weight excluding hydrogens is 348 g/mol. The number of benzene rings is 1. The summed E-state index contributed by atoms with van der Waals surface area (Å²) in [5.41, 5.74) is 1.14. The number of nitrogens with one attached hydrogen (secondary N) is 1. The second-order valence-corrected chi connectivity index (χ2v) is 6.79. The first kappa shape index (κ1) is 20.9. The van der Waals surface area contributed by atoms with Crippen molar-refractivity contribution in [1.82, 2.24) is 4.90 Å². The molecule has 2 N–H and O–H groups in total. The van der Waals surface area contributed by atoms with Crippen LogP contribution in [0.4, 0.5) is 5.69 Å². The lowest BCUT2D eigenvalue weighted by atomic mass is 9.96. The monoisotopic (exact) mass is 376 g/mol. The van der Waals surface area contributed by atoms with Gasteiger partial charge in [-0.15, -0.1) is 0 Å². The van der Waals surface area contributed by atoms with Gasteiger partial charge in [0.15, 0.2) is 0 Å². The van der Waals surface area contributed by atoms with Crippen molar-refractivity contribution in [3.63, 3.8) is 0 Å². The number of hydrogen-bond acceptors (Lipinski definition) is 4. The molecule has 2 rings (SSSR count). The quantitative estimate of drug-likeness (QED) is 0.646. The fourth-order valence-corrected chi connectivity index (χ4v) is 3.02. The number of carboxylic acid groups (broad SMARTS) is 1. The molecule has 1 aliphatic rings. The van der Waals surface area contributed by atoms with E-state index in [2.05, 4.69) is 12.2 Å². The summed E-state index contributed by atoms with van der Waals surface area (Å²) in [6.07, 6.45) is 4.11. The Bertz CT molecular complexity index is 636. The zero-order valence-corrected chi connectivity index (χ0v) is 15.8. The topological polar surface area (TPSA) is 95.9 Å². The Morgan fingerprint density at radius 1 is 1.15 bits per heavy atom. The largest absolute Gasteiger partial charge is 0.481 e. The number of nitrogens with zero attached hydrogens (tertiary/aromatic N) is 1. The minimum absolute atomic E-state index is 0.0168. The molecule has 1 aromatic carbocycles. The van der Waals surface area contributed by atoms with Crippen LogP contribution in [0.3, 0.4) is 0 Å². The van der Waals surface area contributed by atoms with Gasteiger partial charge in [-0.1, -0.05) is 19.8 Å². The van der Waals surface area contributed by atoms with E-state index in [9.17, 15) is 14.4 Å². The Balaban J connectivity index is 1.78. The highest BCUT2D eigenvalue weighted by Gasteiger charge is 2.27. The molecule has 0 radical (unpaired) electrons. The summed E-state index contributed by atoms with van der Waals surface area (Å²) in [6, 6.07) is 6.71. The van der Waals surface area contributed by atoms with Crippen LogP contribution in [0.1, 0.15) is 49.4 Å². The Hall–Kier alpha value is -2.41. The third-order valence-electron chi connectivity index (χ3n) is 4.67. The summed E-state index contributed by atoms with van der Waals surface area (Å²) in [6.45, 7) is 3.60. The van der Waals surface area contributed by atoms with Crippen LogP contribution < -0.4 is 5.32 Å². The first-order valence-electron chi connectivity index (χ1n) is 9.51. The van der Waals surface area contributed by atoms with Crippen molar-refractivity contribution in [3.8, 4) is 0 Å². The predicted molar refractivity (Wildman–Crippen MR) is 102 cm³/mol. The minimum Gasteiger partial charge on any atom is -0.481 e. The van der Waals surface area contributed by atoms with E-state index in [1.807, 2.05) is 0 Å². The summed E-state index contributed by atoms with van der Waals surface area (Å²) >= 11 is 0. The van der Waals surface area contributed by atoms with E-state index < -0.39 is 5.97 Å². The highest BCUT2D eigenvalue weighted by Crippen LogP contribution is 2.20. The van der Waals surface area contributed by atoms with Gasteiger partial charge in [-0.25, -0.2) is 0 Å². The Labute approximate surface area is 159 Å². The molecule has 0 bridgehead atoms. The predicted octanol–water partition coefficient (Wildman–Crippen LogP) is 2.77. The van der Waals surface area contributed by atoms with Crippen LogP contribution in [0, 0.1) is 5.92 Å². The molecule has 7 nitrogen and oxygen atoms in total. The third kappa shape index (κ3) is 6.67. The molecule has 0 unspecified atom stereocenters. The Kier molecular flexibility index (Phi) is 8.26. The van der Waals surface area contributed by atoms with E-state index in [0.29, 0.717) is 43.8 Å². The standard InChI is InChI=1S/C20H28N2O5/c1-2-3-4-13-27-14-18(23)21-17-7-5-15(6-8-17)19(24)22-11-9-16(10-12-22)20(25)26/h5-8,16H,2-4,9-14H2,1H3,(H,21,23)(H,25,26). The van der Waals surface area contributed by atoms with Crippen molar-refractivity contribution >= 4 is 23.5 Å². The number of carboxylic acids is 1. The van der Waals surface area contributed by atoms with Crippen molar-refractivity contribution in [3.05, 3.63) is 29.8 Å². The molecular formula is C20H28N2O5. The van der Waals surface area contributed by atoms with Crippen LogP contribution in [0.25, 0.3) is 0 Å². The molecule has 1 fully saturated rings. The number of hydrogen-bond donors (Lipinski definition) is 2. The molecule has 2 amide bonds. The van der Waals surface area contributed by atoms with Crippen molar-refractivity contribution in [1.29, 1.82) is 0 Å². The number of unbranched alkanes of at least 4 members (excludes halogenated alkanes) is 2. The van der Waals surface area contributed by atoms with Gasteiger partial charge < -0.3 is 20.1 Å². The maximum absolute atomic E-state index is 12.5. The average Bonchev–Trinajstić information content (AvgIpc) is 2.68. The fourth-order valence-electron chi connectivity index (χ4n) is 3.02. The van der Waals surface area contributed by atoms with E-state index in [1.54, 1.807) is 29.2 Å². The Morgan fingerprint density at radius 3 is 2.41 bits per heavy atom. The molecule has 0 atom stereocenters. The van der Waals surface area contributed by atoms with Crippen LogP contribution in [-0.4, -0.2) is 54.1 Å². The first-order valence-corrected chi connectivity index (χ1v) is 9.51. The molecule has 0 spiro atoms. The van der Waals surface area contributed by atoms with Crippen molar-refractivity contribution in [2.24, 2.45) is 5.92 Å². The number of carbonyl (C=O) groups is 3. The van der Waals surface area contributed by atoms with Gasteiger partial charge in [-0.3, -0.25) is 14.4 Å². The van der Waals surface area contributed by atoms with E-state index in [4.69, 9.17) is 9.84 Å². The van der Waals surface area contributed by atoms with Gasteiger partial charge in [0.2, 0.25) is 5.91 Å². The third-order valence-corrected chi connectivity index (χ3v) is 4.67. The molecule has 1 heterocycles. The highest BCUT2D eigenvalue weighted by atomic mass is 16.5. The summed E-state index contributed by atoms with van der Waals surface area (Å²) in [5.74, 6) is -1.50. The molecule has 27 heavy (non-hydrogen) atoms. The number of ether oxygens (including phenoxy) is 1. The van der Waals surface area contributed by atoms with Gasteiger partial charge in [-0.2, -0.15) is 0 Å².